The molecule has 0 heterocycles. The molecule has 0 saturated heterocycles. The SMILES string of the molecule is CC=CC=CCP(C(C)(C)C)C(C)(C)C.[Cl][Pd][Cl]. The summed E-state index contributed by atoms with van der Waals surface area (Å²) in [7, 11) is 9.65. The predicted octanol–water partition coefficient (Wildman–Crippen LogP) is 6.57. The average Bonchev–Trinajstić information content (AvgIpc) is 2.14. The molecule has 0 rings (SSSR count). The zero-order valence-electron chi connectivity index (χ0n) is 12.5. The molecule has 0 aliphatic rings. The van der Waals surface area contributed by atoms with Crippen molar-refractivity contribution in [1.29, 1.82) is 0 Å². The van der Waals surface area contributed by atoms with Crippen LogP contribution in [0.5, 0.6) is 0 Å². The zero-order valence-corrected chi connectivity index (χ0v) is 16.5. The second-order valence-electron chi connectivity index (χ2n) is 5.95. The van der Waals surface area contributed by atoms with E-state index in [4.69, 9.17) is 19.1 Å². The maximum atomic E-state index is 4.81. The molecule has 0 spiro atoms. The Hall–Kier alpha value is 1.15. The van der Waals surface area contributed by atoms with Gasteiger partial charge in [-0.15, -0.1) is 0 Å². The molecule has 0 amide bonds. The van der Waals surface area contributed by atoms with Crippen LogP contribution >= 0.6 is 27.0 Å². The van der Waals surface area contributed by atoms with Gasteiger partial charge in [0.2, 0.25) is 0 Å². The van der Waals surface area contributed by atoms with Crippen molar-refractivity contribution in [3.05, 3.63) is 24.3 Å². The summed E-state index contributed by atoms with van der Waals surface area (Å²) in [6.45, 7) is 16.3. The van der Waals surface area contributed by atoms with Gasteiger partial charge >= 0.3 is 35.0 Å². The van der Waals surface area contributed by atoms with Gasteiger partial charge < -0.3 is 0 Å². The summed E-state index contributed by atoms with van der Waals surface area (Å²) >= 11 is -0.106. The molecule has 0 bridgehead atoms. The van der Waals surface area contributed by atoms with Crippen molar-refractivity contribution >= 4 is 27.0 Å². The standard InChI is InChI=1S/C14H27P.2ClH.Pd/c1-8-9-10-11-12-15(13(2,3)4)14(5,6)7;;;/h8-11H,12H2,1-7H3;2*1H;/q;;;+2/p-2. The Morgan fingerprint density at radius 2 is 1.33 bits per heavy atom. The third kappa shape index (κ3) is 12.2. The molecule has 112 valence electrons. The van der Waals surface area contributed by atoms with Gasteiger partial charge in [-0.1, -0.05) is 73.8 Å². The molecule has 4 heteroatoms. The summed E-state index contributed by atoms with van der Waals surface area (Å²) in [5, 5.41) is 0.877. The Morgan fingerprint density at radius 1 is 0.944 bits per heavy atom. The molecule has 0 aliphatic heterocycles. The van der Waals surface area contributed by atoms with Crippen LogP contribution in [0.4, 0.5) is 0 Å². The second kappa shape index (κ2) is 10.9. The van der Waals surface area contributed by atoms with Gasteiger partial charge in [0, 0.05) is 0 Å². The van der Waals surface area contributed by atoms with Gasteiger partial charge in [-0.05, 0) is 23.4 Å². The summed E-state index contributed by atoms with van der Waals surface area (Å²) in [5.41, 5.74) is 0. The number of hydrogen-bond acceptors (Lipinski definition) is 0. The van der Waals surface area contributed by atoms with E-state index >= 15 is 0 Å². The molecule has 0 fully saturated rings. The van der Waals surface area contributed by atoms with E-state index in [2.05, 4.69) is 72.8 Å². The topological polar surface area (TPSA) is 0 Å². The summed E-state index contributed by atoms with van der Waals surface area (Å²) in [6, 6.07) is 0. The number of hydrogen-bond donors (Lipinski definition) is 0. The van der Waals surface area contributed by atoms with E-state index < -0.39 is 0 Å². The van der Waals surface area contributed by atoms with E-state index in [1.165, 1.54) is 6.16 Å². The predicted molar refractivity (Wildman–Crippen MR) is 87.0 cm³/mol. The van der Waals surface area contributed by atoms with Crippen molar-refractivity contribution in [2.24, 2.45) is 0 Å². The monoisotopic (exact) mass is 402 g/mol. The van der Waals surface area contributed by atoms with Crippen LogP contribution in [0.25, 0.3) is 0 Å². The van der Waals surface area contributed by atoms with Gasteiger partial charge in [-0.25, -0.2) is 0 Å². The van der Waals surface area contributed by atoms with E-state index in [1.54, 1.807) is 0 Å². The first-order valence-corrected chi connectivity index (χ1v) is 11.5. The Balaban J connectivity index is 0. The minimum absolute atomic E-state index is 0.0199. The first kappa shape index (κ1) is 21.5. The van der Waals surface area contributed by atoms with Crippen LogP contribution in [0.15, 0.2) is 24.3 Å². The number of allylic oxidation sites excluding steroid dienone is 4. The van der Waals surface area contributed by atoms with Gasteiger partial charge in [-0.2, -0.15) is 0 Å². The van der Waals surface area contributed by atoms with Gasteiger partial charge in [0.05, 0.1) is 0 Å². The summed E-state index contributed by atoms with van der Waals surface area (Å²) < 4.78 is 0. The van der Waals surface area contributed by atoms with Crippen molar-refractivity contribution < 1.29 is 15.9 Å². The molecule has 0 aromatic carbocycles. The van der Waals surface area contributed by atoms with Gasteiger partial charge in [0.15, 0.2) is 0 Å². The van der Waals surface area contributed by atoms with E-state index in [1.807, 2.05) is 0 Å². The van der Waals surface area contributed by atoms with Gasteiger partial charge in [0.25, 0.3) is 0 Å². The number of halogens is 2. The van der Waals surface area contributed by atoms with Crippen LogP contribution in [0.2, 0.25) is 0 Å². The fraction of sp³-hybridized carbons (Fsp3) is 0.714. The molecule has 0 N–H and O–H groups in total. The van der Waals surface area contributed by atoms with Crippen molar-refractivity contribution in [1.82, 2.24) is 0 Å². The third-order valence-corrected chi connectivity index (χ3v) is 6.16. The third-order valence-electron chi connectivity index (χ3n) is 2.35. The first-order valence-electron chi connectivity index (χ1n) is 5.99. The van der Waals surface area contributed by atoms with E-state index in [9.17, 15) is 0 Å². The second-order valence-corrected chi connectivity index (χ2v) is 12.2. The van der Waals surface area contributed by atoms with E-state index in [-0.39, 0.29) is 23.9 Å². The quantitative estimate of drug-likeness (QED) is 0.284. The zero-order chi connectivity index (χ0) is 14.8. The van der Waals surface area contributed by atoms with Crippen LogP contribution in [0.3, 0.4) is 0 Å². The van der Waals surface area contributed by atoms with Crippen LogP contribution < -0.4 is 0 Å². The van der Waals surface area contributed by atoms with E-state index in [0.717, 1.165) is 0 Å². The Labute approximate surface area is 131 Å². The molecule has 0 nitrogen and oxygen atoms in total. The molecule has 0 saturated carbocycles. The minimum atomic E-state index is -0.106. The van der Waals surface area contributed by atoms with Crippen LogP contribution in [-0.4, -0.2) is 16.5 Å². The summed E-state index contributed by atoms with van der Waals surface area (Å²) in [5.74, 6) is 0. The molecule has 0 atom stereocenters. The van der Waals surface area contributed by atoms with Crippen molar-refractivity contribution in [3.63, 3.8) is 0 Å². The fourth-order valence-corrected chi connectivity index (χ4v) is 5.35. The van der Waals surface area contributed by atoms with Crippen LogP contribution in [0, 0.1) is 0 Å². The summed E-state index contributed by atoms with van der Waals surface area (Å²) in [4.78, 5) is 0. The van der Waals surface area contributed by atoms with Crippen molar-refractivity contribution in [2.45, 2.75) is 58.8 Å². The van der Waals surface area contributed by atoms with Crippen LogP contribution in [-0.2, 0) is 15.9 Å². The molecule has 0 aromatic heterocycles. The number of rotatable bonds is 3. The molecule has 0 radical (unpaired) electrons. The normalized spacial score (nSPS) is 13.4. The molecular formula is C14H27Cl2PPd. The average molecular weight is 404 g/mol. The Bertz CT molecular complexity index is 236. The maximum absolute atomic E-state index is 4.81. The van der Waals surface area contributed by atoms with Crippen LogP contribution in [0.1, 0.15) is 48.5 Å². The molecule has 0 unspecified atom stereocenters. The van der Waals surface area contributed by atoms with Gasteiger partial charge in [0.1, 0.15) is 0 Å². The molecule has 0 aromatic rings. The van der Waals surface area contributed by atoms with Gasteiger partial charge in [-0.3, -0.25) is 0 Å². The molecule has 0 aliphatic carbocycles. The molecular weight excluding hydrogens is 376 g/mol. The van der Waals surface area contributed by atoms with Crippen molar-refractivity contribution in [2.75, 3.05) is 6.16 Å². The fourth-order valence-electron chi connectivity index (χ4n) is 1.91. The first-order chi connectivity index (χ1) is 8.11. The Kier molecular flexibility index (Phi) is 13.0. The van der Waals surface area contributed by atoms with E-state index in [0.29, 0.717) is 10.3 Å². The Morgan fingerprint density at radius 3 is 1.61 bits per heavy atom. The van der Waals surface area contributed by atoms with Crippen molar-refractivity contribution in [3.8, 4) is 0 Å². The molecule has 18 heavy (non-hydrogen) atoms. The summed E-state index contributed by atoms with van der Waals surface area (Å²) in [6.07, 6.45) is 9.91.